The predicted molar refractivity (Wildman–Crippen MR) is 54.9 cm³/mol. The SMILES string of the molecule is C[C@@]1(N)[C@H](O)CO[C@H]1n1ccc(=O)[nH]c1=O. The Bertz CT molecular complexity index is 504. The van der Waals surface area contributed by atoms with Gasteiger partial charge in [-0.25, -0.2) is 4.79 Å². The Kier molecular flexibility index (Phi) is 2.45. The van der Waals surface area contributed by atoms with Crippen LogP contribution in [0.3, 0.4) is 0 Å². The Hall–Kier alpha value is -1.44. The van der Waals surface area contributed by atoms with Crippen molar-refractivity contribution in [2.24, 2.45) is 5.73 Å². The van der Waals surface area contributed by atoms with E-state index in [1.807, 2.05) is 0 Å². The first-order valence-electron chi connectivity index (χ1n) is 4.83. The molecule has 1 saturated heterocycles. The molecule has 0 unspecified atom stereocenters. The molecule has 0 aliphatic carbocycles. The number of hydrogen-bond acceptors (Lipinski definition) is 5. The quantitative estimate of drug-likeness (QED) is 0.521. The molecule has 16 heavy (non-hydrogen) atoms. The molecule has 0 radical (unpaired) electrons. The molecule has 88 valence electrons. The minimum Gasteiger partial charge on any atom is -0.389 e. The molecule has 0 amide bonds. The van der Waals surface area contributed by atoms with Crippen molar-refractivity contribution in [2.45, 2.75) is 24.8 Å². The van der Waals surface area contributed by atoms with Crippen LogP contribution in [0.25, 0.3) is 0 Å². The van der Waals surface area contributed by atoms with E-state index in [0.29, 0.717) is 0 Å². The number of aromatic nitrogens is 2. The second kappa shape index (κ2) is 3.55. The minimum atomic E-state index is -1.07. The highest BCUT2D eigenvalue weighted by Crippen LogP contribution is 2.30. The number of H-pyrrole nitrogens is 1. The summed E-state index contributed by atoms with van der Waals surface area (Å²) in [5, 5.41) is 9.60. The van der Waals surface area contributed by atoms with Gasteiger partial charge in [-0.05, 0) is 6.92 Å². The van der Waals surface area contributed by atoms with E-state index in [0.717, 1.165) is 4.57 Å². The van der Waals surface area contributed by atoms with Gasteiger partial charge in [0, 0.05) is 12.3 Å². The van der Waals surface area contributed by atoms with Crippen molar-refractivity contribution in [1.29, 1.82) is 0 Å². The van der Waals surface area contributed by atoms with Crippen LogP contribution < -0.4 is 17.0 Å². The maximum atomic E-state index is 11.5. The fourth-order valence-corrected chi connectivity index (χ4v) is 1.70. The minimum absolute atomic E-state index is 0.0588. The van der Waals surface area contributed by atoms with E-state index in [2.05, 4.69) is 4.98 Å². The van der Waals surface area contributed by atoms with Gasteiger partial charge in [0.1, 0.15) is 0 Å². The van der Waals surface area contributed by atoms with Gasteiger partial charge >= 0.3 is 5.69 Å². The largest absolute Gasteiger partial charge is 0.389 e. The van der Waals surface area contributed by atoms with Crippen LogP contribution in [0.1, 0.15) is 13.2 Å². The van der Waals surface area contributed by atoms with E-state index in [1.165, 1.54) is 12.3 Å². The molecule has 7 heteroatoms. The van der Waals surface area contributed by atoms with Crippen molar-refractivity contribution in [1.82, 2.24) is 9.55 Å². The molecule has 0 bridgehead atoms. The van der Waals surface area contributed by atoms with E-state index in [1.54, 1.807) is 6.92 Å². The van der Waals surface area contributed by atoms with Crippen molar-refractivity contribution >= 4 is 0 Å². The lowest BCUT2D eigenvalue weighted by Crippen LogP contribution is -2.52. The fraction of sp³-hybridized carbons (Fsp3) is 0.556. The summed E-state index contributed by atoms with van der Waals surface area (Å²) in [5.74, 6) is 0. The van der Waals surface area contributed by atoms with Crippen LogP contribution in [0.15, 0.2) is 21.9 Å². The van der Waals surface area contributed by atoms with Crippen molar-refractivity contribution in [3.05, 3.63) is 33.1 Å². The van der Waals surface area contributed by atoms with Crippen molar-refractivity contribution in [2.75, 3.05) is 6.61 Å². The Morgan fingerprint density at radius 2 is 2.38 bits per heavy atom. The zero-order valence-corrected chi connectivity index (χ0v) is 8.71. The highest BCUT2D eigenvalue weighted by Gasteiger charge is 2.45. The zero-order chi connectivity index (χ0) is 11.9. The van der Waals surface area contributed by atoms with Gasteiger partial charge in [-0.3, -0.25) is 14.3 Å². The number of nitrogens with zero attached hydrogens (tertiary/aromatic N) is 1. The second-order valence-electron chi connectivity index (χ2n) is 4.08. The monoisotopic (exact) mass is 227 g/mol. The Morgan fingerprint density at radius 1 is 1.69 bits per heavy atom. The number of aromatic amines is 1. The van der Waals surface area contributed by atoms with Crippen LogP contribution >= 0.6 is 0 Å². The van der Waals surface area contributed by atoms with E-state index in [-0.39, 0.29) is 6.61 Å². The summed E-state index contributed by atoms with van der Waals surface area (Å²) in [7, 11) is 0. The van der Waals surface area contributed by atoms with E-state index in [4.69, 9.17) is 10.5 Å². The predicted octanol–water partition coefficient (Wildman–Crippen LogP) is -1.86. The van der Waals surface area contributed by atoms with E-state index in [9.17, 15) is 14.7 Å². The maximum absolute atomic E-state index is 11.5. The molecule has 1 aliphatic rings. The summed E-state index contributed by atoms with van der Waals surface area (Å²) >= 11 is 0. The maximum Gasteiger partial charge on any atom is 0.330 e. The Morgan fingerprint density at radius 3 is 2.88 bits per heavy atom. The second-order valence-corrected chi connectivity index (χ2v) is 4.08. The van der Waals surface area contributed by atoms with Crippen LogP contribution in [-0.2, 0) is 4.74 Å². The highest BCUT2D eigenvalue weighted by atomic mass is 16.5. The summed E-state index contributed by atoms with van der Waals surface area (Å²) in [5.41, 5.74) is 3.71. The van der Waals surface area contributed by atoms with Crippen LogP contribution in [0.5, 0.6) is 0 Å². The van der Waals surface area contributed by atoms with Crippen molar-refractivity contribution in [3.8, 4) is 0 Å². The molecule has 0 spiro atoms. The molecule has 0 aromatic carbocycles. The van der Waals surface area contributed by atoms with Crippen molar-refractivity contribution < 1.29 is 9.84 Å². The van der Waals surface area contributed by atoms with Crippen LogP contribution in [-0.4, -0.2) is 32.9 Å². The highest BCUT2D eigenvalue weighted by molar-refractivity contribution is 4.99. The summed E-state index contributed by atoms with van der Waals surface area (Å²) in [4.78, 5) is 24.5. The lowest BCUT2D eigenvalue weighted by atomic mass is 9.97. The average Bonchev–Trinajstić information content (AvgIpc) is 2.44. The van der Waals surface area contributed by atoms with E-state index >= 15 is 0 Å². The molecule has 1 fully saturated rings. The normalized spacial score (nSPS) is 34.2. The summed E-state index contributed by atoms with van der Waals surface area (Å²) in [6.07, 6.45) is -0.335. The van der Waals surface area contributed by atoms with E-state index < -0.39 is 29.1 Å². The number of nitrogens with two attached hydrogens (primary N) is 1. The topological polar surface area (TPSA) is 110 Å². The van der Waals surface area contributed by atoms with Gasteiger partial charge in [0.2, 0.25) is 0 Å². The van der Waals surface area contributed by atoms with Gasteiger partial charge in [0.15, 0.2) is 6.23 Å². The number of aliphatic hydroxyl groups excluding tert-OH is 1. The average molecular weight is 227 g/mol. The Labute approximate surface area is 90.5 Å². The molecule has 1 aromatic heterocycles. The molecule has 0 saturated carbocycles. The molecule has 3 atom stereocenters. The number of rotatable bonds is 1. The molecule has 2 rings (SSSR count). The molecule has 2 heterocycles. The standard InChI is InChI=1S/C9H13N3O4/c1-9(10)5(13)4-16-7(9)12-3-2-6(14)11-8(12)15/h2-3,5,7,13H,4,10H2,1H3,(H,11,14,15)/t5-,7-,9-/m1/s1. The smallest absolute Gasteiger partial charge is 0.330 e. The number of hydrogen-bond donors (Lipinski definition) is 3. The Balaban J connectivity index is 2.46. The lowest BCUT2D eigenvalue weighted by Gasteiger charge is -2.28. The third kappa shape index (κ3) is 1.58. The molecule has 1 aromatic rings. The number of nitrogens with one attached hydrogen (secondary N) is 1. The van der Waals surface area contributed by atoms with Crippen LogP contribution in [0.4, 0.5) is 0 Å². The first kappa shape index (κ1) is 11.1. The summed E-state index contributed by atoms with van der Waals surface area (Å²) in [6.45, 7) is 1.65. The van der Waals surface area contributed by atoms with Gasteiger partial charge < -0.3 is 15.6 Å². The summed E-state index contributed by atoms with van der Waals surface area (Å²) in [6, 6.07) is 1.20. The fourth-order valence-electron chi connectivity index (χ4n) is 1.70. The molecular weight excluding hydrogens is 214 g/mol. The van der Waals surface area contributed by atoms with Gasteiger partial charge in [-0.2, -0.15) is 0 Å². The number of aliphatic hydroxyl groups is 1. The van der Waals surface area contributed by atoms with Gasteiger partial charge in [-0.1, -0.05) is 0 Å². The van der Waals surface area contributed by atoms with Crippen LogP contribution in [0, 0.1) is 0 Å². The first-order chi connectivity index (χ1) is 7.43. The molecule has 7 nitrogen and oxygen atoms in total. The zero-order valence-electron chi connectivity index (χ0n) is 8.71. The summed E-state index contributed by atoms with van der Waals surface area (Å²) < 4.78 is 6.42. The molecule has 4 N–H and O–H groups in total. The van der Waals surface area contributed by atoms with Crippen LogP contribution in [0.2, 0.25) is 0 Å². The molecule has 1 aliphatic heterocycles. The number of ether oxygens (including phenoxy) is 1. The van der Waals surface area contributed by atoms with Gasteiger partial charge in [0.25, 0.3) is 5.56 Å². The lowest BCUT2D eigenvalue weighted by molar-refractivity contribution is 0.0230. The first-order valence-corrected chi connectivity index (χ1v) is 4.83. The third-order valence-corrected chi connectivity index (χ3v) is 2.77. The van der Waals surface area contributed by atoms with Gasteiger partial charge in [0.05, 0.1) is 18.2 Å². The van der Waals surface area contributed by atoms with Crippen molar-refractivity contribution in [3.63, 3.8) is 0 Å². The third-order valence-electron chi connectivity index (χ3n) is 2.77. The molecular formula is C9H13N3O4. The van der Waals surface area contributed by atoms with Gasteiger partial charge in [-0.15, -0.1) is 0 Å².